The second-order valence-corrected chi connectivity index (χ2v) is 6.09. The summed E-state index contributed by atoms with van der Waals surface area (Å²) in [6.45, 7) is 0.705. The first kappa shape index (κ1) is 10.8. The fourth-order valence-corrected chi connectivity index (χ4v) is 2.98. The van der Waals surface area contributed by atoms with Crippen LogP contribution in [-0.4, -0.2) is 16.1 Å². The van der Waals surface area contributed by atoms with Crippen molar-refractivity contribution in [3.8, 4) is 0 Å². The molecule has 2 N–H and O–H groups in total. The summed E-state index contributed by atoms with van der Waals surface area (Å²) >= 11 is 6.12. The monoisotopic (exact) mass is 261 g/mol. The minimum atomic E-state index is 0.147. The topological polar surface area (TPSA) is 43.8 Å². The zero-order valence-corrected chi connectivity index (χ0v) is 11.0. The normalized spacial score (nSPS) is 21.4. The quantitative estimate of drug-likeness (QED) is 0.923. The molecule has 0 aliphatic heterocycles. The molecular weight excluding hydrogens is 246 g/mol. The molecule has 2 aliphatic carbocycles. The van der Waals surface area contributed by atoms with Gasteiger partial charge in [0.2, 0.25) is 0 Å². The van der Waals surface area contributed by atoms with Crippen molar-refractivity contribution >= 4 is 22.6 Å². The molecule has 0 atom stereocenters. The van der Waals surface area contributed by atoms with Gasteiger partial charge in [-0.05, 0) is 43.9 Å². The van der Waals surface area contributed by atoms with E-state index in [-0.39, 0.29) is 5.41 Å². The highest BCUT2D eigenvalue weighted by Gasteiger charge is 2.48. The predicted octanol–water partition coefficient (Wildman–Crippen LogP) is 3.01. The minimum Gasteiger partial charge on any atom is -0.329 e. The van der Waals surface area contributed by atoms with Gasteiger partial charge in [0.15, 0.2) is 0 Å². The molecule has 4 heteroatoms. The number of fused-ring (bicyclic) bond motifs is 1. The lowest BCUT2D eigenvalue weighted by Crippen LogP contribution is -2.24. The Hall–Kier alpha value is -1.06. The van der Waals surface area contributed by atoms with Crippen LogP contribution in [0.4, 0.5) is 0 Å². The smallest absolute Gasteiger partial charge is 0.117 e. The maximum Gasteiger partial charge on any atom is 0.117 e. The van der Waals surface area contributed by atoms with Crippen molar-refractivity contribution in [1.29, 1.82) is 0 Å². The van der Waals surface area contributed by atoms with Gasteiger partial charge in [0.1, 0.15) is 5.82 Å². The van der Waals surface area contributed by atoms with Crippen molar-refractivity contribution in [3.63, 3.8) is 0 Å². The lowest BCUT2D eigenvalue weighted by molar-refractivity contribution is 0.586. The second kappa shape index (κ2) is 3.49. The summed E-state index contributed by atoms with van der Waals surface area (Å²) in [5.74, 6) is 1.20. The third-order valence-corrected chi connectivity index (χ3v) is 4.52. The Kier molecular flexibility index (Phi) is 2.10. The Labute approximate surface area is 111 Å². The largest absolute Gasteiger partial charge is 0.329 e. The van der Waals surface area contributed by atoms with Crippen LogP contribution >= 0.6 is 11.6 Å². The van der Waals surface area contributed by atoms with Gasteiger partial charge >= 0.3 is 0 Å². The van der Waals surface area contributed by atoms with Crippen LogP contribution in [0.25, 0.3) is 11.0 Å². The number of benzene rings is 1. The summed E-state index contributed by atoms with van der Waals surface area (Å²) in [5, 5.41) is 0.786. The van der Waals surface area contributed by atoms with Crippen LogP contribution in [-0.2, 0) is 5.41 Å². The molecule has 0 unspecified atom stereocenters. The Morgan fingerprint density at radius 3 is 2.78 bits per heavy atom. The standard InChI is InChI=1S/C14H16ClN3/c15-9-1-4-11-12(7-9)18(10-2-3-10)13(17-11)14(8-16)5-6-14/h1,4,7,10H,2-3,5-6,8,16H2. The molecule has 0 spiro atoms. The van der Waals surface area contributed by atoms with Gasteiger partial charge < -0.3 is 10.3 Å². The minimum absolute atomic E-state index is 0.147. The molecule has 1 heterocycles. The lowest BCUT2D eigenvalue weighted by Gasteiger charge is -2.15. The average molecular weight is 262 g/mol. The van der Waals surface area contributed by atoms with Gasteiger partial charge in [-0.25, -0.2) is 4.98 Å². The maximum atomic E-state index is 6.12. The number of hydrogen-bond acceptors (Lipinski definition) is 2. The zero-order chi connectivity index (χ0) is 12.3. The number of rotatable bonds is 3. The summed E-state index contributed by atoms with van der Waals surface area (Å²) in [4.78, 5) is 4.84. The summed E-state index contributed by atoms with van der Waals surface area (Å²) < 4.78 is 2.40. The van der Waals surface area contributed by atoms with Crippen LogP contribution in [0.5, 0.6) is 0 Å². The molecule has 18 heavy (non-hydrogen) atoms. The Balaban J connectivity index is 1.99. The molecule has 4 rings (SSSR count). The van der Waals surface area contributed by atoms with Crippen molar-refractivity contribution in [2.24, 2.45) is 5.73 Å². The zero-order valence-electron chi connectivity index (χ0n) is 10.2. The van der Waals surface area contributed by atoms with E-state index in [0.29, 0.717) is 12.6 Å². The van der Waals surface area contributed by atoms with Crippen molar-refractivity contribution in [2.75, 3.05) is 6.54 Å². The number of aromatic nitrogens is 2. The Morgan fingerprint density at radius 1 is 1.39 bits per heavy atom. The van der Waals surface area contributed by atoms with Gasteiger partial charge in [0.05, 0.1) is 11.0 Å². The molecule has 0 amide bonds. The van der Waals surface area contributed by atoms with Crippen molar-refractivity contribution in [2.45, 2.75) is 37.1 Å². The number of imidazole rings is 1. The van der Waals surface area contributed by atoms with Gasteiger partial charge in [-0.2, -0.15) is 0 Å². The van der Waals surface area contributed by atoms with Crippen molar-refractivity contribution < 1.29 is 0 Å². The van der Waals surface area contributed by atoms with Gasteiger partial charge in [0, 0.05) is 23.0 Å². The fraction of sp³-hybridized carbons (Fsp3) is 0.500. The third kappa shape index (κ3) is 1.44. The Bertz CT molecular complexity index is 623. The van der Waals surface area contributed by atoms with Crippen molar-refractivity contribution in [3.05, 3.63) is 29.0 Å². The Morgan fingerprint density at radius 2 is 2.17 bits per heavy atom. The number of hydrogen-bond donors (Lipinski definition) is 1. The van der Waals surface area contributed by atoms with Gasteiger partial charge in [-0.1, -0.05) is 11.6 Å². The van der Waals surface area contributed by atoms with Gasteiger partial charge in [-0.15, -0.1) is 0 Å². The van der Waals surface area contributed by atoms with Crippen LogP contribution in [0.3, 0.4) is 0 Å². The van der Waals surface area contributed by atoms with E-state index in [1.165, 1.54) is 37.0 Å². The highest BCUT2D eigenvalue weighted by atomic mass is 35.5. The van der Waals surface area contributed by atoms with E-state index in [9.17, 15) is 0 Å². The highest BCUT2D eigenvalue weighted by molar-refractivity contribution is 6.31. The second-order valence-electron chi connectivity index (χ2n) is 5.65. The SMILES string of the molecule is NCC1(c2nc3ccc(Cl)cc3n2C2CC2)CC1. The van der Waals surface area contributed by atoms with Crippen LogP contribution < -0.4 is 5.73 Å². The van der Waals surface area contributed by atoms with Crippen LogP contribution in [0.2, 0.25) is 5.02 Å². The first-order valence-corrected chi connectivity index (χ1v) is 6.99. The molecule has 0 bridgehead atoms. The van der Waals surface area contributed by atoms with Crippen LogP contribution in [0.15, 0.2) is 18.2 Å². The highest BCUT2D eigenvalue weighted by Crippen LogP contribution is 2.50. The van der Waals surface area contributed by atoms with Crippen molar-refractivity contribution in [1.82, 2.24) is 9.55 Å². The first-order chi connectivity index (χ1) is 8.73. The van der Waals surface area contributed by atoms with E-state index in [1.807, 2.05) is 18.2 Å². The van der Waals surface area contributed by atoms with E-state index in [1.54, 1.807) is 0 Å². The summed E-state index contributed by atoms with van der Waals surface area (Å²) in [5.41, 5.74) is 8.35. The molecule has 2 saturated carbocycles. The summed E-state index contributed by atoms with van der Waals surface area (Å²) in [7, 11) is 0. The summed E-state index contributed by atoms with van der Waals surface area (Å²) in [6, 6.07) is 6.60. The fourth-order valence-electron chi connectivity index (χ4n) is 2.81. The predicted molar refractivity (Wildman–Crippen MR) is 73.0 cm³/mol. The molecular formula is C14H16ClN3. The molecule has 94 valence electrons. The molecule has 0 saturated heterocycles. The molecule has 1 aromatic carbocycles. The van der Waals surface area contributed by atoms with E-state index in [4.69, 9.17) is 22.3 Å². The molecule has 2 aliphatic rings. The average Bonchev–Trinajstić information content (AvgIpc) is 3.27. The number of nitrogens with two attached hydrogens (primary N) is 1. The molecule has 2 aromatic rings. The maximum absolute atomic E-state index is 6.12. The van der Waals surface area contributed by atoms with E-state index in [0.717, 1.165) is 10.5 Å². The molecule has 2 fully saturated rings. The molecule has 1 aromatic heterocycles. The molecule has 3 nitrogen and oxygen atoms in total. The van der Waals surface area contributed by atoms with E-state index < -0.39 is 0 Å². The third-order valence-electron chi connectivity index (χ3n) is 4.28. The van der Waals surface area contributed by atoms with Crippen LogP contribution in [0, 0.1) is 0 Å². The lowest BCUT2D eigenvalue weighted by atomic mass is 10.1. The van der Waals surface area contributed by atoms with Gasteiger partial charge in [-0.3, -0.25) is 0 Å². The first-order valence-electron chi connectivity index (χ1n) is 6.62. The van der Waals surface area contributed by atoms with Crippen LogP contribution in [0.1, 0.15) is 37.5 Å². The van der Waals surface area contributed by atoms with Gasteiger partial charge in [0.25, 0.3) is 0 Å². The number of halogens is 1. The van der Waals surface area contributed by atoms with E-state index >= 15 is 0 Å². The molecule has 0 radical (unpaired) electrons. The number of nitrogens with zero attached hydrogens (tertiary/aromatic N) is 2. The summed E-state index contributed by atoms with van der Waals surface area (Å²) in [6.07, 6.45) is 4.86. The van der Waals surface area contributed by atoms with E-state index in [2.05, 4.69) is 4.57 Å².